The Morgan fingerprint density at radius 1 is 1.03 bits per heavy atom. The zero-order valence-electron chi connectivity index (χ0n) is 19.2. The molecule has 1 amide bonds. The first-order chi connectivity index (χ1) is 16.7. The highest BCUT2D eigenvalue weighted by Gasteiger charge is 2.16. The van der Waals surface area contributed by atoms with Crippen molar-refractivity contribution in [3.8, 4) is 17.6 Å². The Bertz CT molecular complexity index is 1370. The Morgan fingerprint density at radius 3 is 2.37 bits per heavy atom. The van der Waals surface area contributed by atoms with Crippen LogP contribution in [0.15, 0.2) is 66.2 Å². The van der Waals surface area contributed by atoms with E-state index in [2.05, 4.69) is 5.32 Å². The maximum atomic E-state index is 12.7. The number of nitriles is 1. The van der Waals surface area contributed by atoms with E-state index >= 15 is 0 Å². The maximum absolute atomic E-state index is 12.7. The van der Waals surface area contributed by atoms with Crippen LogP contribution in [0.2, 0.25) is 0 Å². The van der Waals surface area contributed by atoms with E-state index in [1.807, 2.05) is 13.0 Å². The van der Waals surface area contributed by atoms with E-state index in [1.54, 1.807) is 43.3 Å². The molecule has 3 aromatic rings. The van der Waals surface area contributed by atoms with Gasteiger partial charge in [0, 0.05) is 12.1 Å². The molecule has 35 heavy (non-hydrogen) atoms. The fourth-order valence-electron chi connectivity index (χ4n) is 3.07. The van der Waals surface area contributed by atoms with Crippen molar-refractivity contribution in [2.24, 2.45) is 0 Å². The van der Waals surface area contributed by atoms with Crippen LogP contribution in [0.3, 0.4) is 0 Å². The fraction of sp³-hybridized carbons (Fsp3) is 0.115. The van der Waals surface area contributed by atoms with E-state index in [-0.39, 0.29) is 28.4 Å². The minimum atomic E-state index is -0.745. The van der Waals surface area contributed by atoms with Crippen LogP contribution in [0.5, 0.6) is 11.5 Å². The van der Waals surface area contributed by atoms with Crippen LogP contribution in [-0.2, 0) is 4.79 Å². The van der Waals surface area contributed by atoms with Crippen LogP contribution in [-0.4, -0.2) is 23.9 Å². The molecule has 1 N–H and O–H groups in total. The van der Waals surface area contributed by atoms with Gasteiger partial charge in [0.05, 0.1) is 23.3 Å². The lowest BCUT2D eigenvalue weighted by molar-refractivity contribution is -0.384. The molecule has 0 heterocycles. The quantitative estimate of drug-likeness (QED) is 0.128. The molecule has 0 bridgehead atoms. The van der Waals surface area contributed by atoms with E-state index < -0.39 is 16.8 Å². The van der Waals surface area contributed by atoms with Crippen molar-refractivity contribution in [2.45, 2.75) is 13.8 Å². The second-order valence-corrected chi connectivity index (χ2v) is 7.55. The first kappa shape index (κ1) is 24.7. The number of rotatable bonds is 7. The molecule has 0 aliphatic rings. The highest BCUT2D eigenvalue weighted by Crippen LogP contribution is 2.30. The summed E-state index contributed by atoms with van der Waals surface area (Å²) < 4.78 is 10.7. The number of nitrogens with one attached hydrogen (secondary N) is 1. The zero-order chi connectivity index (χ0) is 25.5. The number of amides is 1. The van der Waals surface area contributed by atoms with Crippen molar-refractivity contribution in [3.05, 3.63) is 98.6 Å². The SMILES string of the molecule is COc1ccc(/C=C(\C#N)C(=O)Nc2cc([N+](=O)[O-])ccc2C)cc1OC(=O)c1ccc(C)cc1. The number of methoxy groups -OCH3 is 1. The number of benzene rings is 3. The molecule has 0 aliphatic carbocycles. The summed E-state index contributed by atoms with van der Waals surface area (Å²) >= 11 is 0. The van der Waals surface area contributed by atoms with Gasteiger partial charge in [-0.1, -0.05) is 29.8 Å². The molecule has 0 saturated heterocycles. The van der Waals surface area contributed by atoms with Crippen molar-refractivity contribution in [1.29, 1.82) is 5.26 Å². The standard InChI is InChI=1S/C26H21N3O6/c1-16-4-8-19(9-5-16)26(31)35-24-13-18(7-11-23(24)34-3)12-20(15-27)25(30)28-22-14-21(29(32)33)10-6-17(22)2/h4-14H,1-3H3,(H,28,30)/b20-12+. The van der Waals surface area contributed by atoms with Gasteiger partial charge < -0.3 is 14.8 Å². The van der Waals surface area contributed by atoms with Crippen LogP contribution in [0.25, 0.3) is 6.08 Å². The lowest BCUT2D eigenvalue weighted by Crippen LogP contribution is -2.14. The third kappa shape index (κ3) is 6.09. The van der Waals surface area contributed by atoms with Crippen LogP contribution in [0.1, 0.15) is 27.0 Å². The average molecular weight is 471 g/mol. The Kier molecular flexibility index (Phi) is 7.59. The Labute approximate surface area is 201 Å². The van der Waals surface area contributed by atoms with Crippen molar-refractivity contribution in [1.82, 2.24) is 0 Å². The number of non-ortho nitro benzene ring substituents is 1. The number of ether oxygens (including phenoxy) is 2. The number of nitro benzene ring substituents is 1. The van der Waals surface area contributed by atoms with Gasteiger partial charge in [-0.05, 0) is 55.3 Å². The largest absolute Gasteiger partial charge is 0.493 e. The van der Waals surface area contributed by atoms with E-state index in [0.717, 1.165) is 5.56 Å². The molecule has 0 radical (unpaired) electrons. The average Bonchev–Trinajstić information content (AvgIpc) is 2.84. The number of carbonyl (C=O) groups is 2. The molecule has 9 nitrogen and oxygen atoms in total. The molecule has 0 atom stereocenters. The van der Waals surface area contributed by atoms with Gasteiger partial charge in [0.1, 0.15) is 11.6 Å². The van der Waals surface area contributed by atoms with E-state index in [1.165, 1.54) is 37.5 Å². The molecule has 0 saturated carbocycles. The third-order valence-electron chi connectivity index (χ3n) is 5.03. The fourth-order valence-corrected chi connectivity index (χ4v) is 3.07. The van der Waals surface area contributed by atoms with Gasteiger partial charge in [0.15, 0.2) is 11.5 Å². The second-order valence-electron chi connectivity index (χ2n) is 7.55. The third-order valence-corrected chi connectivity index (χ3v) is 5.03. The summed E-state index contributed by atoms with van der Waals surface area (Å²) in [4.78, 5) is 35.7. The van der Waals surface area contributed by atoms with Crippen molar-refractivity contribution in [2.75, 3.05) is 12.4 Å². The molecular formula is C26H21N3O6. The van der Waals surface area contributed by atoms with Crippen LogP contribution >= 0.6 is 0 Å². The first-order valence-corrected chi connectivity index (χ1v) is 10.4. The highest BCUT2D eigenvalue weighted by atomic mass is 16.6. The number of nitro groups is 1. The molecule has 9 heteroatoms. The van der Waals surface area contributed by atoms with Crippen LogP contribution < -0.4 is 14.8 Å². The number of hydrogen-bond donors (Lipinski definition) is 1. The summed E-state index contributed by atoms with van der Waals surface area (Å²) in [6.07, 6.45) is 1.31. The van der Waals surface area contributed by atoms with Crippen LogP contribution in [0, 0.1) is 35.3 Å². The summed E-state index contributed by atoms with van der Waals surface area (Å²) in [6, 6.07) is 17.3. The van der Waals surface area contributed by atoms with Crippen LogP contribution in [0.4, 0.5) is 11.4 Å². The van der Waals surface area contributed by atoms with Crippen molar-refractivity contribution < 1.29 is 24.0 Å². The topological polar surface area (TPSA) is 132 Å². The molecule has 0 spiro atoms. The molecule has 3 rings (SSSR count). The molecule has 0 aromatic heterocycles. The predicted octanol–water partition coefficient (Wildman–Crippen LogP) is 4.99. The smallest absolute Gasteiger partial charge is 0.343 e. The Morgan fingerprint density at radius 2 is 1.74 bits per heavy atom. The Hall–Kier alpha value is -4.97. The predicted molar refractivity (Wildman–Crippen MR) is 129 cm³/mol. The molecule has 0 aliphatic heterocycles. The van der Waals surface area contributed by atoms with E-state index in [9.17, 15) is 25.0 Å². The molecule has 0 unspecified atom stereocenters. The summed E-state index contributed by atoms with van der Waals surface area (Å²) in [5, 5.41) is 23.1. The minimum Gasteiger partial charge on any atom is -0.493 e. The summed E-state index contributed by atoms with van der Waals surface area (Å²) in [7, 11) is 1.42. The van der Waals surface area contributed by atoms with Gasteiger partial charge in [-0.25, -0.2) is 4.79 Å². The van der Waals surface area contributed by atoms with Gasteiger partial charge in [0.2, 0.25) is 0 Å². The number of esters is 1. The first-order valence-electron chi connectivity index (χ1n) is 10.4. The number of anilines is 1. The molecule has 3 aromatic carbocycles. The van der Waals surface area contributed by atoms with Gasteiger partial charge in [0.25, 0.3) is 11.6 Å². The molecule has 176 valence electrons. The van der Waals surface area contributed by atoms with Crippen molar-refractivity contribution in [3.63, 3.8) is 0 Å². The number of hydrogen-bond acceptors (Lipinski definition) is 7. The maximum Gasteiger partial charge on any atom is 0.343 e. The lowest BCUT2D eigenvalue weighted by atomic mass is 10.1. The van der Waals surface area contributed by atoms with Gasteiger partial charge in [-0.15, -0.1) is 0 Å². The molecule has 0 fully saturated rings. The Balaban J connectivity index is 1.86. The number of aryl methyl sites for hydroxylation is 2. The summed E-state index contributed by atoms with van der Waals surface area (Å²) in [6.45, 7) is 3.57. The summed E-state index contributed by atoms with van der Waals surface area (Å²) in [5.41, 5.74) is 2.11. The monoisotopic (exact) mass is 471 g/mol. The van der Waals surface area contributed by atoms with Gasteiger partial charge in [-0.3, -0.25) is 14.9 Å². The number of nitrogens with zero attached hydrogens (tertiary/aromatic N) is 2. The normalized spacial score (nSPS) is 10.7. The highest BCUT2D eigenvalue weighted by molar-refractivity contribution is 6.10. The van der Waals surface area contributed by atoms with E-state index in [0.29, 0.717) is 16.7 Å². The lowest BCUT2D eigenvalue weighted by Gasteiger charge is -2.11. The second kappa shape index (κ2) is 10.8. The van der Waals surface area contributed by atoms with Crippen molar-refractivity contribution >= 4 is 29.3 Å². The minimum absolute atomic E-state index is 0.110. The van der Waals surface area contributed by atoms with E-state index in [4.69, 9.17) is 9.47 Å². The summed E-state index contributed by atoms with van der Waals surface area (Å²) in [5.74, 6) is -0.939. The van der Waals surface area contributed by atoms with Gasteiger partial charge in [-0.2, -0.15) is 5.26 Å². The van der Waals surface area contributed by atoms with Gasteiger partial charge >= 0.3 is 5.97 Å². The molecular weight excluding hydrogens is 450 g/mol. The number of carbonyl (C=O) groups excluding carboxylic acids is 2. The zero-order valence-corrected chi connectivity index (χ0v) is 19.2.